The van der Waals surface area contributed by atoms with Gasteiger partial charge in [-0.2, -0.15) is 0 Å². The first-order valence-electron chi connectivity index (χ1n) is 8.93. The number of carbonyl (C=O) groups excluding carboxylic acids is 1. The summed E-state index contributed by atoms with van der Waals surface area (Å²) in [6, 6.07) is 12.3. The fourth-order valence-corrected chi connectivity index (χ4v) is 3.33. The first-order valence-corrected chi connectivity index (χ1v) is 8.93. The van der Waals surface area contributed by atoms with E-state index in [1.165, 1.54) is 5.56 Å². The van der Waals surface area contributed by atoms with E-state index in [-0.39, 0.29) is 11.8 Å². The van der Waals surface area contributed by atoms with Crippen molar-refractivity contribution in [3.8, 4) is 0 Å². The number of carbonyl (C=O) groups is 1. The Kier molecular flexibility index (Phi) is 5.31. The van der Waals surface area contributed by atoms with Crippen molar-refractivity contribution < 1.29 is 4.79 Å². The molecule has 1 aliphatic rings. The summed E-state index contributed by atoms with van der Waals surface area (Å²) in [6.45, 7) is 9.17. The van der Waals surface area contributed by atoms with Crippen molar-refractivity contribution in [2.75, 3.05) is 31.1 Å². The number of amides is 1. The molecule has 1 saturated heterocycles. The molecule has 2 heterocycles. The molecule has 1 aromatic carbocycles. The molecule has 0 aliphatic carbocycles. The molecule has 3 rings (SSSR count). The number of aromatic nitrogens is 2. The second-order valence-corrected chi connectivity index (χ2v) is 6.80. The Bertz CT molecular complexity index is 703. The molecule has 132 valence electrons. The lowest BCUT2D eigenvalue weighted by Gasteiger charge is -2.36. The highest BCUT2D eigenvalue weighted by atomic mass is 16.2. The Morgan fingerprint density at radius 3 is 2.40 bits per heavy atom. The monoisotopic (exact) mass is 338 g/mol. The van der Waals surface area contributed by atoms with Gasteiger partial charge in [-0.05, 0) is 25.3 Å². The molecule has 0 saturated carbocycles. The maximum absolute atomic E-state index is 12.6. The SMILES string of the molecule is Cc1cc(N2CCN(C(=O)C[C@@H](C)c3ccccc3)CC2)nc(C)n1. The normalized spacial score (nSPS) is 16.0. The van der Waals surface area contributed by atoms with E-state index in [2.05, 4.69) is 33.9 Å². The lowest BCUT2D eigenvalue weighted by Crippen LogP contribution is -2.49. The topological polar surface area (TPSA) is 49.3 Å². The lowest BCUT2D eigenvalue weighted by atomic mass is 9.97. The Morgan fingerprint density at radius 2 is 1.76 bits per heavy atom. The number of anilines is 1. The third-order valence-corrected chi connectivity index (χ3v) is 4.76. The van der Waals surface area contributed by atoms with Crippen LogP contribution in [0.15, 0.2) is 36.4 Å². The van der Waals surface area contributed by atoms with Gasteiger partial charge < -0.3 is 9.80 Å². The van der Waals surface area contributed by atoms with Crippen LogP contribution in [0.1, 0.15) is 36.3 Å². The van der Waals surface area contributed by atoms with Gasteiger partial charge in [0.05, 0.1) is 0 Å². The zero-order valence-corrected chi connectivity index (χ0v) is 15.3. The minimum atomic E-state index is 0.242. The van der Waals surface area contributed by atoms with Crippen molar-refractivity contribution in [3.05, 3.63) is 53.5 Å². The van der Waals surface area contributed by atoms with Crippen LogP contribution >= 0.6 is 0 Å². The predicted molar refractivity (Wildman–Crippen MR) is 99.8 cm³/mol. The summed E-state index contributed by atoms with van der Waals surface area (Å²) >= 11 is 0. The van der Waals surface area contributed by atoms with Gasteiger partial charge >= 0.3 is 0 Å². The van der Waals surface area contributed by atoms with Crippen LogP contribution in [0.25, 0.3) is 0 Å². The highest BCUT2D eigenvalue weighted by molar-refractivity contribution is 5.77. The van der Waals surface area contributed by atoms with Gasteiger partial charge in [-0.25, -0.2) is 9.97 Å². The third-order valence-electron chi connectivity index (χ3n) is 4.76. The van der Waals surface area contributed by atoms with Crippen LogP contribution in [0.3, 0.4) is 0 Å². The quantitative estimate of drug-likeness (QED) is 0.860. The molecular weight excluding hydrogens is 312 g/mol. The molecule has 0 N–H and O–H groups in total. The van der Waals surface area contributed by atoms with Crippen molar-refractivity contribution >= 4 is 11.7 Å². The van der Waals surface area contributed by atoms with Crippen LogP contribution in [0, 0.1) is 13.8 Å². The minimum absolute atomic E-state index is 0.242. The van der Waals surface area contributed by atoms with Crippen LogP contribution in [0.5, 0.6) is 0 Å². The molecule has 0 spiro atoms. The number of aryl methyl sites for hydroxylation is 2. The van der Waals surface area contributed by atoms with Gasteiger partial charge in [0.2, 0.25) is 5.91 Å². The van der Waals surface area contributed by atoms with E-state index in [0.717, 1.165) is 43.5 Å². The van der Waals surface area contributed by atoms with Gasteiger partial charge in [-0.3, -0.25) is 4.79 Å². The Balaban J connectivity index is 1.55. The van der Waals surface area contributed by atoms with E-state index >= 15 is 0 Å². The Morgan fingerprint density at radius 1 is 1.08 bits per heavy atom. The van der Waals surface area contributed by atoms with Crippen molar-refractivity contribution in [1.29, 1.82) is 0 Å². The maximum Gasteiger partial charge on any atom is 0.223 e. The number of nitrogens with zero attached hydrogens (tertiary/aromatic N) is 4. The molecule has 5 nitrogen and oxygen atoms in total. The average molecular weight is 338 g/mol. The third kappa shape index (κ3) is 4.35. The van der Waals surface area contributed by atoms with Gasteiger partial charge in [-0.1, -0.05) is 37.3 Å². The first-order chi connectivity index (χ1) is 12.0. The highest BCUT2D eigenvalue weighted by Gasteiger charge is 2.23. The van der Waals surface area contributed by atoms with Crippen molar-refractivity contribution in [3.63, 3.8) is 0 Å². The second kappa shape index (κ2) is 7.64. The van der Waals surface area contributed by atoms with Gasteiger partial charge in [0.1, 0.15) is 11.6 Å². The second-order valence-electron chi connectivity index (χ2n) is 6.80. The first kappa shape index (κ1) is 17.4. The fraction of sp³-hybridized carbons (Fsp3) is 0.450. The van der Waals surface area contributed by atoms with Crippen molar-refractivity contribution in [2.24, 2.45) is 0 Å². The van der Waals surface area contributed by atoms with Crippen LogP contribution in [-0.4, -0.2) is 47.0 Å². The molecule has 0 radical (unpaired) electrons. The van der Waals surface area contributed by atoms with Crippen LogP contribution < -0.4 is 4.90 Å². The van der Waals surface area contributed by atoms with E-state index in [1.54, 1.807) is 0 Å². The standard InChI is InChI=1S/C20H26N4O/c1-15(18-7-5-4-6-8-18)13-20(25)24-11-9-23(10-12-24)19-14-16(2)21-17(3)22-19/h4-8,14-15H,9-13H2,1-3H3/t15-/m1/s1. The molecule has 1 atom stereocenters. The lowest BCUT2D eigenvalue weighted by molar-refractivity contribution is -0.131. The maximum atomic E-state index is 12.6. The Hall–Kier alpha value is -2.43. The van der Waals surface area contributed by atoms with Gasteiger partial charge in [0.25, 0.3) is 0 Å². The molecule has 1 aliphatic heterocycles. The molecule has 5 heteroatoms. The molecule has 1 fully saturated rings. The smallest absolute Gasteiger partial charge is 0.223 e. The molecular formula is C20H26N4O. The number of piperazine rings is 1. The van der Waals surface area contributed by atoms with E-state index in [1.807, 2.05) is 43.0 Å². The number of rotatable bonds is 4. The zero-order chi connectivity index (χ0) is 17.8. The van der Waals surface area contributed by atoms with E-state index < -0.39 is 0 Å². The summed E-state index contributed by atoms with van der Waals surface area (Å²) < 4.78 is 0. The summed E-state index contributed by atoms with van der Waals surface area (Å²) in [5.41, 5.74) is 2.21. The summed E-state index contributed by atoms with van der Waals surface area (Å²) in [6.07, 6.45) is 0.565. The number of benzene rings is 1. The largest absolute Gasteiger partial charge is 0.353 e. The summed E-state index contributed by atoms with van der Waals surface area (Å²) in [5, 5.41) is 0. The van der Waals surface area contributed by atoms with Crippen molar-refractivity contribution in [1.82, 2.24) is 14.9 Å². The predicted octanol–water partition coefficient (Wildman–Crippen LogP) is 2.94. The van der Waals surface area contributed by atoms with E-state index in [0.29, 0.717) is 6.42 Å². The van der Waals surface area contributed by atoms with Crippen LogP contribution in [-0.2, 0) is 4.79 Å². The van der Waals surface area contributed by atoms with Gasteiger partial charge in [-0.15, -0.1) is 0 Å². The van der Waals surface area contributed by atoms with Gasteiger partial charge in [0.15, 0.2) is 0 Å². The van der Waals surface area contributed by atoms with Gasteiger partial charge in [0, 0.05) is 44.4 Å². The fourth-order valence-electron chi connectivity index (χ4n) is 3.33. The van der Waals surface area contributed by atoms with Crippen LogP contribution in [0.2, 0.25) is 0 Å². The Labute approximate surface area is 149 Å². The molecule has 0 unspecified atom stereocenters. The molecule has 1 amide bonds. The molecule has 0 bridgehead atoms. The summed E-state index contributed by atoms with van der Waals surface area (Å²) in [7, 11) is 0. The zero-order valence-electron chi connectivity index (χ0n) is 15.3. The molecule has 1 aromatic heterocycles. The van der Waals surface area contributed by atoms with E-state index in [9.17, 15) is 4.79 Å². The highest BCUT2D eigenvalue weighted by Crippen LogP contribution is 2.21. The summed E-state index contributed by atoms with van der Waals surface area (Å²) in [5.74, 6) is 2.25. The molecule has 2 aromatic rings. The van der Waals surface area contributed by atoms with Crippen molar-refractivity contribution in [2.45, 2.75) is 33.1 Å². The number of hydrogen-bond acceptors (Lipinski definition) is 4. The summed E-state index contributed by atoms with van der Waals surface area (Å²) in [4.78, 5) is 25.7. The van der Waals surface area contributed by atoms with Crippen LogP contribution in [0.4, 0.5) is 5.82 Å². The average Bonchev–Trinajstić information content (AvgIpc) is 2.61. The molecule has 25 heavy (non-hydrogen) atoms. The number of hydrogen-bond donors (Lipinski definition) is 0. The minimum Gasteiger partial charge on any atom is -0.353 e. The van der Waals surface area contributed by atoms with E-state index in [4.69, 9.17) is 0 Å².